The summed E-state index contributed by atoms with van der Waals surface area (Å²) in [6.07, 6.45) is 0. The van der Waals surface area contributed by atoms with E-state index in [1.165, 1.54) is 0 Å². The van der Waals surface area contributed by atoms with Gasteiger partial charge >= 0.3 is 0 Å². The fourth-order valence-electron chi connectivity index (χ4n) is 1.66. The predicted molar refractivity (Wildman–Crippen MR) is 77.7 cm³/mol. The molecule has 0 fully saturated rings. The van der Waals surface area contributed by atoms with Gasteiger partial charge in [-0.1, -0.05) is 28.1 Å². The van der Waals surface area contributed by atoms with Gasteiger partial charge in [0.25, 0.3) is 5.91 Å². The Kier molecular flexibility index (Phi) is 3.67. The molecule has 2 aromatic carbocycles. The van der Waals surface area contributed by atoms with Crippen molar-refractivity contribution in [2.45, 2.75) is 6.92 Å². The minimum atomic E-state index is -0.155. The van der Waals surface area contributed by atoms with Gasteiger partial charge in [0, 0.05) is 21.4 Å². The lowest BCUT2D eigenvalue weighted by molar-refractivity contribution is 0.102. The van der Waals surface area contributed by atoms with E-state index in [-0.39, 0.29) is 5.91 Å². The summed E-state index contributed by atoms with van der Waals surface area (Å²) < 4.78 is 0.921. The van der Waals surface area contributed by atoms with Crippen molar-refractivity contribution < 1.29 is 4.79 Å². The normalized spacial score (nSPS) is 10.1. The Bertz CT molecular complexity index is 596. The molecule has 0 aromatic heterocycles. The van der Waals surface area contributed by atoms with E-state index in [0.717, 1.165) is 15.7 Å². The van der Waals surface area contributed by atoms with Gasteiger partial charge in [0.1, 0.15) is 0 Å². The second-order valence-electron chi connectivity index (χ2n) is 3.98. The number of halogens is 1. The molecule has 2 rings (SSSR count). The molecule has 1 amide bonds. The van der Waals surface area contributed by atoms with E-state index < -0.39 is 0 Å². The molecule has 3 nitrogen and oxygen atoms in total. The third-order valence-corrected chi connectivity index (χ3v) is 3.20. The monoisotopic (exact) mass is 304 g/mol. The van der Waals surface area contributed by atoms with Crippen LogP contribution in [0.5, 0.6) is 0 Å². The van der Waals surface area contributed by atoms with Gasteiger partial charge in [-0.25, -0.2) is 0 Å². The van der Waals surface area contributed by atoms with Crippen LogP contribution in [0.25, 0.3) is 0 Å². The van der Waals surface area contributed by atoms with E-state index in [2.05, 4.69) is 21.2 Å². The van der Waals surface area contributed by atoms with Gasteiger partial charge in [0.05, 0.1) is 0 Å². The van der Waals surface area contributed by atoms with E-state index in [0.29, 0.717) is 11.3 Å². The second kappa shape index (κ2) is 5.23. The lowest BCUT2D eigenvalue weighted by Crippen LogP contribution is -2.14. The van der Waals surface area contributed by atoms with Crippen molar-refractivity contribution >= 4 is 33.2 Å². The Morgan fingerprint density at radius 2 is 1.94 bits per heavy atom. The van der Waals surface area contributed by atoms with Crippen molar-refractivity contribution in [1.29, 1.82) is 0 Å². The third-order valence-electron chi connectivity index (χ3n) is 2.70. The van der Waals surface area contributed by atoms with Crippen molar-refractivity contribution in [2.24, 2.45) is 0 Å². The summed E-state index contributed by atoms with van der Waals surface area (Å²) in [6, 6.07) is 12.8. The molecule has 0 aliphatic rings. The zero-order valence-corrected chi connectivity index (χ0v) is 11.5. The first-order chi connectivity index (χ1) is 8.58. The van der Waals surface area contributed by atoms with Crippen molar-refractivity contribution in [3.63, 3.8) is 0 Å². The Morgan fingerprint density at radius 1 is 1.22 bits per heavy atom. The van der Waals surface area contributed by atoms with Crippen LogP contribution in [0.15, 0.2) is 46.9 Å². The number of rotatable bonds is 2. The molecule has 0 atom stereocenters. The van der Waals surface area contributed by atoms with Gasteiger partial charge in [-0.05, 0) is 42.8 Å². The van der Waals surface area contributed by atoms with Crippen LogP contribution in [0, 0.1) is 6.92 Å². The molecule has 92 valence electrons. The summed E-state index contributed by atoms with van der Waals surface area (Å²) in [7, 11) is 0. The summed E-state index contributed by atoms with van der Waals surface area (Å²) in [5, 5.41) is 2.84. The summed E-state index contributed by atoms with van der Waals surface area (Å²) in [4.78, 5) is 12.1. The molecule has 0 unspecified atom stereocenters. The first-order valence-electron chi connectivity index (χ1n) is 5.50. The average Bonchev–Trinajstić information content (AvgIpc) is 2.32. The first-order valence-corrected chi connectivity index (χ1v) is 6.29. The number of nitrogens with one attached hydrogen (secondary N) is 1. The topological polar surface area (TPSA) is 55.1 Å². The fourth-order valence-corrected chi connectivity index (χ4v) is 2.06. The zero-order chi connectivity index (χ0) is 13.1. The van der Waals surface area contributed by atoms with Gasteiger partial charge < -0.3 is 11.1 Å². The van der Waals surface area contributed by atoms with Crippen molar-refractivity contribution in [3.05, 3.63) is 58.1 Å². The summed E-state index contributed by atoms with van der Waals surface area (Å²) >= 11 is 3.36. The molecule has 0 heterocycles. The van der Waals surface area contributed by atoms with E-state index in [1.54, 1.807) is 18.2 Å². The average molecular weight is 305 g/mol. The summed E-state index contributed by atoms with van der Waals surface area (Å²) in [6.45, 7) is 1.84. The second-order valence-corrected chi connectivity index (χ2v) is 4.90. The molecule has 0 bridgehead atoms. The van der Waals surface area contributed by atoms with E-state index in [9.17, 15) is 4.79 Å². The van der Waals surface area contributed by atoms with Gasteiger partial charge in [-0.3, -0.25) is 4.79 Å². The SMILES string of the molecule is Cc1c(N)cccc1C(=O)Nc1cccc(Br)c1. The van der Waals surface area contributed by atoms with Gasteiger partial charge in [-0.2, -0.15) is 0 Å². The highest BCUT2D eigenvalue weighted by molar-refractivity contribution is 9.10. The lowest BCUT2D eigenvalue weighted by Gasteiger charge is -2.09. The molecule has 3 N–H and O–H groups in total. The molecule has 0 saturated heterocycles. The first kappa shape index (κ1) is 12.6. The number of hydrogen-bond acceptors (Lipinski definition) is 2. The molecule has 0 spiro atoms. The third kappa shape index (κ3) is 2.71. The molecular weight excluding hydrogens is 292 g/mol. The highest BCUT2D eigenvalue weighted by atomic mass is 79.9. The van der Waals surface area contributed by atoms with Gasteiger partial charge in [0.2, 0.25) is 0 Å². The van der Waals surface area contributed by atoms with Gasteiger partial charge in [-0.15, -0.1) is 0 Å². The maximum Gasteiger partial charge on any atom is 0.256 e. The number of carbonyl (C=O) groups excluding carboxylic acids is 1. The molecular formula is C14H13BrN2O. The van der Waals surface area contributed by atoms with E-state index >= 15 is 0 Å². The van der Waals surface area contributed by atoms with Crippen molar-refractivity contribution in [3.8, 4) is 0 Å². The molecule has 18 heavy (non-hydrogen) atoms. The highest BCUT2D eigenvalue weighted by Gasteiger charge is 2.10. The molecule has 0 aliphatic carbocycles. The Labute approximate surface area is 114 Å². The number of nitrogens with two attached hydrogens (primary N) is 1. The number of benzene rings is 2. The smallest absolute Gasteiger partial charge is 0.256 e. The van der Waals surface area contributed by atoms with Crippen LogP contribution < -0.4 is 11.1 Å². The molecule has 0 aliphatic heterocycles. The maximum atomic E-state index is 12.1. The maximum absolute atomic E-state index is 12.1. The fraction of sp³-hybridized carbons (Fsp3) is 0.0714. The standard InChI is InChI=1S/C14H13BrN2O/c1-9-12(6-3-7-13(9)16)14(18)17-11-5-2-4-10(15)8-11/h2-8H,16H2,1H3,(H,17,18). The molecule has 0 saturated carbocycles. The van der Waals surface area contributed by atoms with Gasteiger partial charge in [0.15, 0.2) is 0 Å². The Morgan fingerprint density at radius 3 is 2.67 bits per heavy atom. The largest absolute Gasteiger partial charge is 0.398 e. The van der Waals surface area contributed by atoms with Crippen molar-refractivity contribution in [1.82, 2.24) is 0 Å². The van der Waals surface area contributed by atoms with Crippen LogP contribution in [-0.4, -0.2) is 5.91 Å². The Balaban J connectivity index is 2.25. The number of carbonyl (C=O) groups is 1. The minimum absolute atomic E-state index is 0.155. The van der Waals surface area contributed by atoms with E-state index in [1.807, 2.05) is 31.2 Å². The van der Waals surface area contributed by atoms with E-state index in [4.69, 9.17) is 5.73 Å². The number of anilines is 2. The van der Waals surface area contributed by atoms with Crippen LogP contribution >= 0.6 is 15.9 Å². The van der Waals surface area contributed by atoms with Crippen LogP contribution in [0.1, 0.15) is 15.9 Å². The Hall–Kier alpha value is -1.81. The number of hydrogen-bond donors (Lipinski definition) is 2. The quantitative estimate of drug-likeness (QED) is 0.833. The summed E-state index contributed by atoms with van der Waals surface area (Å²) in [5.41, 5.74) is 8.55. The predicted octanol–water partition coefficient (Wildman–Crippen LogP) is 3.59. The lowest BCUT2D eigenvalue weighted by atomic mass is 10.1. The summed E-state index contributed by atoms with van der Waals surface area (Å²) in [5.74, 6) is -0.155. The zero-order valence-electron chi connectivity index (χ0n) is 9.91. The number of amides is 1. The van der Waals surface area contributed by atoms with Crippen molar-refractivity contribution in [2.75, 3.05) is 11.1 Å². The van der Waals surface area contributed by atoms with Crippen LogP contribution in [0.2, 0.25) is 0 Å². The number of nitrogen functional groups attached to an aromatic ring is 1. The molecule has 0 radical (unpaired) electrons. The minimum Gasteiger partial charge on any atom is -0.398 e. The highest BCUT2D eigenvalue weighted by Crippen LogP contribution is 2.19. The molecule has 4 heteroatoms. The molecule has 2 aromatic rings. The van der Waals surface area contributed by atoms with Crippen LogP contribution in [-0.2, 0) is 0 Å². The van der Waals surface area contributed by atoms with Crippen LogP contribution in [0.4, 0.5) is 11.4 Å². The van der Waals surface area contributed by atoms with Crippen LogP contribution in [0.3, 0.4) is 0 Å².